The largest absolute Gasteiger partial charge is 0.310 e. The van der Waals surface area contributed by atoms with E-state index in [0.717, 1.165) is 26.6 Å². The fourth-order valence-corrected chi connectivity index (χ4v) is 3.28. The summed E-state index contributed by atoms with van der Waals surface area (Å²) in [6.45, 7) is 2.85. The maximum absolute atomic E-state index is 13.5. The van der Waals surface area contributed by atoms with Crippen molar-refractivity contribution in [3.8, 4) is 0 Å². The molecule has 2 aromatic rings. The monoisotopic (exact) mass is 433 g/mol. The first kappa shape index (κ1) is 16.9. The highest BCUT2D eigenvalue weighted by Gasteiger charge is 2.16. The van der Waals surface area contributed by atoms with Gasteiger partial charge in [0.15, 0.2) is 0 Å². The zero-order valence-corrected chi connectivity index (χ0v) is 15.4. The van der Waals surface area contributed by atoms with Crippen LogP contribution >= 0.6 is 43.5 Å². The highest BCUT2D eigenvalue weighted by atomic mass is 79.9. The van der Waals surface area contributed by atoms with Crippen molar-refractivity contribution in [3.63, 3.8) is 0 Å². The minimum Gasteiger partial charge on any atom is -0.310 e. The molecule has 112 valence electrons. The van der Waals surface area contributed by atoms with E-state index < -0.39 is 0 Å². The predicted octanol–water partition coefficient (Wildman–Crippen LogP) is 5.90. The number of benzene rings is 2. The summed E-state index contributed by atoms with van der Waals surface area (Å²) in [5.74, 6) is -0.233. The molecule has 0 heterocycles. The van der Waals surface area contributed by atoms with Crippen molar-refractivity contribution >= 4 is 43.5 Å². The summed E-state index contributed by atoms with van der Waals surface area (Å²) in [4.78, 5) is 0. The Morgan fingerprint density at radius 1 is 1.19 bits per heavy atom. The lowest BCUT2D eigenvalue weighted by Gasteiger charge is -2.21. The Bertz CT molecular complexity index is 634. The molecule has 5 heteroatoms. The van der Waals surface area contributed by atoms with E-state index in [1.807, 2.05) is 25.1 Å². The summed E-state index contributed by atoms with van der Waals surface area (Å²) in [6, 6.07) is 10.5. The van der Waals surface area contributed by atoms with E-state index >= 15 is 0 Å². The Hall–Kier alpha value is -0.420. The van der Waals surface area contributed by atoms with E-state index in [1.54, 1.807) is 12.1 Å². The van der Waals surface area contributed by atoms with Gasteiger partial charge < -0.3 is 5.32 Å². The second kappa shape index (κ2) is 7.73. The summed E-state index contributed by atoms with van der Waals surface area (Å²) in [5.41, 5.74) is 1.92. The molecule has 0 amide bonds. The van der Waals surface area contributed by atoms with Gasteiger partial charge in [0.05, 0.1) is 0 Å². The van der Waals surface area contributed by atoms with E-state index in [2.05, 4.69) is 37.2 Å². The van der Waals surface area contributed by atoms with Gasteiger partial charge in [-0.25, -0.2) is 4.39 Å². The summed E-state index contributed by atoms with van der Waals surface area (Å²) in [7, 11) is 0. The molecule has 0 bridgehead atoms. The molecule has 0 aliphatic heterocycles. The van der Waals surface area contributed by atoms with Crippen LogP contribution < -0.4 is 5.32 Å². The van der Waals surface area contributed by atoms with Gasteiger partial charge >= 0.3 is 0 Å². The van der Waals surface area contributed by atoms with Gasteiger partial charge in [-0.2, -0.15) is 0 Å². The smallest absolute Gasteiger partial charge is 0.123 e. The summed E-state index contributed by atoms with van der Waals surface area (Å²) in [5, 5.41) is 4.12. The Labute approximate surface area is 146 Å². The van der Waals surface area contributed by atoms with Gasteiger partial charge in [-0.1, -0.05) is 50.4 Å². The molecule has 1 N–H and O–H groups in total. The molecule has 0 aliphatic carbocycles. The van der Waals surface area contributed by atoms with Gasteiger partial charge in [0.2, 0.25) is 0 Å². The lowest BCUT2D eigenvalue weighted by atomic mass is 9.98. The highest BCUT2D eigenvalue weighted by Crippen LogP contribution is 2.30. The molecule has 1 atom stereocenters. The Morgan fingerprint density at radius 2 is 1.95 bits per heavy atom. The van der Waals surface area contributed by atoms with Crippen molar-refractivity contribution in [3.05, 3.63) is 67.3 Å². The van der Waals surface area contributed by atoms with Crippen molar-refractivity contribution in [1.29, 1.82) is 0 Å². The minimum absolute atomic E-state index is 0.0260. The predicted molar refractivity (Wildman–Crippen MR) is 93.4 cm³/mol. The third-order valence-corrected chi connectivity index (χ3v) is 4.83. The van der Waals surface area contributed by atoms with Crippen molar-refractivity contribution in [2.24, 2.45) is 0 Å². The van der Waals surface area contributed by atoms with Gasteiger partial charge in [-0.15, -0.1) is 0 Å². The quantitative estimate of drug-likeness (QED) is 0.617. The molecule has 1 unspecified atom stereocenters. The Balaban J connectivity index is 2.35. The molecule has 0 saturated carbocycles. The van der Waals surface area contributed by atoms with Crippen molar-refractivity contribution in [2.75, 3.05) is 6.54 Å². The first-order valence-corrected chi connectivity index (χ1v) is 8.60. The van der Waals surface area contributed by atoms with Gasteiger partial charge in [0, 0.05) is 20.0 Å². The summed E-state index contributed by atoms with van der Waals surface area (Å²) < 4.78 is 15.3. The second-order valence-electron chi connectivity index (χ2n) is 4.72. The maximum atomic E-state index is 13.5. The van der Waals surface area contributed by atoms with E-state index in [9.17, 15) is 4.39 Å². The topological polar surface area (TPSA) is 12.0 Å². The molecule has 0 radical (unpaired) electrons. The fourth-order valence-electron chi connectivity index (χ4n) is 2.24. The third-order valence-electron chi connectivity index (χ3n) is 3.22. The lowest BCUT2D eigenvalue weighted by molar-refractivity contribution is 0.545. The van der Waals surface area contributed by atoms with Crippen LogP contribution in [-0.2, 0) is 6.42 Å². The van der Waals surface area contributed by atoms with Crippen LogP contribution in [0.3, 0.4) is 0 Å². The molecular formula is C16H15Br2ClFN. The van der Waals surface area contributed by atoms with Crippen LogP contribution in [-0.4, -0.2) is 6.54 Å². The van der Waals surface area contributed by atoms with Crippen LogP contribution in [0.2, 0.25) is 5.02 Å². The van der Waals surface area contributed by atoms with E-state index in [1.165, 1.54) is 6.07 Å². The van der Waals surface area contributed by atoms with Gasteiger partial charge in [0.25, 0.3) is 0 Å². The molecular weight excluding hydrogens is 420 g/mol. The van der Waals surface area contributed by atoms with E-state index in [0.29, 0.717) is 11.4 Å². The SMILES string of the molecule is CCNC(Cc1cc(F)ccc1Br)c1cc(Br)ccc1Cl. The molecule has 0 fully saturated rings. The number of rotatable bonds is 5. The number of hydrogen-bond donors (Lipinski definition) is 1. The van der Waals surface area contributed by atoms with Crippen molar-refractivity contribution in [1.82, 2.24) is 5.32 Å². The molecule has 2 aromatic carbocycles. The average Bonchev–Trinajstić information content (AvgIpc) is 2.45. The second-order valence-corrected chi connectivity index (χ2v) is 6.89. The normalized spacial score (nSPS) is 12.4. The molecule has 21 heavy (non-hydrogen) atoms. The summed E-state index contributed by atoms with van der Waals surface area (Å²) >= 11 is 13.3. The van der Waals surface area contributed by atoms with Crippen molar-refractivity contribution in [2.45, 2.75) is 19.4 Å². The van der Waals surface area contributed by atoms with E-state index in [4.69, 9.17) is 11.6 Å². The van der Waals surface area contributed by atoms with Gasteiger partial charge in [-0.05, 0) is 60.5 Å². The molecule has 0 aromatic heterocycles. The van der Waals surface area contributed by atoms with Crippen LogP contribution in [0.15, 0.2) is 45.3 Å². The zero-order chi connectivity index (χ0) is 15.4. The highest BCUT2D eigenvalue weighted by molar-refractivity contribution is 9.10. The molecule has 0 saturated heterocycles. The third kappa shape index (κ3) is 4.52. The number of likely N-dealkylation sites (N-methyl/N-ethyl adjacent to an activating group) is 1. The average molecular weight is 436 g/mol. The van der Waals surface area contributed by atoms with Crippen LogP contribution in [0, 0.1) is 5.82 Å². The summed E-state index contributed by atoms with van der Waals surface area (Å²) in [6.07, 6.45) is 0.655. The Morgan fingerprint density at radius 3 is 2.67 bits per heavy atom. The number of hydrogen-bond acceptors (Lipinski definition) is 1. The van der Waals surface area contributed by atoms with E-state index in [-0.39, 0.29) is 11.9 Å². The lowest BCUT2D eigenvalue weighted by Crippen LogP contribution is -2.23. The van der Waals surface area contributed by atoms with Crippen LogP contribution in [0.5, 0.6) is 0 Å². The van der Waals surface area contributed by atoms with Gasteiger partial charge in [0.1, 0.15) is 5.82 Å². The standard InChI is InChI=1S/C16H15Br2ClFN/c1-2-21-16(13-9-11(17)3-6-15(13)19)8-10-7-12(20)4-5-14(10)18/h3-7,9,16,21H,2,8H2,1H3. The van der Waals surface area contributed by atoms with Crippen LogP contribution in [0.1, 0.15) is 24.1 Å². The number of halogens is 4. The number of nitrogens with one attached hydrogen (secondary N) is 1. The van der Waals surface area contributed by atoms with Crippen LogP contribution in [0.4, 0.5) is 4.39 Å². The zero-order valence-electron chi connectivity index (χ0n) is 11.5. The van der Waals surface area contributed by atoms with Gasteiger partial charge in [-0.3, -0.25) is 0 Å². The van der Waals surface area contributed by atoms with Crippen LogP contribution in [0.25, 0.3) is 0 Å². The molecule has 0 aliphatic rings. The van der Waals surface area contributed by atoms with Crippen molar-refractivity contribution < 1.29 is 4.39 Å². The molecule has 1 nitrogen and oxygen atoms in total. The fraction of sp³-hybridized carbons (Fsp3) is 0.250. The first-order valence-electron chi connectivity index (χ1n) is 6.63. The first-order chi connectivity index (χ1) is 10.0. The Kier molecular flexibility index (Phi) is 6.23. The maximum Gasteiger partial charge on any atom is 0.123 e. The molecule has 0 spiro atoms. The molecule has 2 rings (SSSR count). The minimum atomic E-state index is -0.233.